The fourth-order valence-electron chi connectivity index (χ4n) is 1.77. The molecule has 0 N–H and O–H groups in total. The minimum atomic E-state index is 0.592. The monoisotopic (exact) mass is 234 g/mol. The van der Waals surface area contributed by atoms with Crippen LogP contribution < -0.4 is 4.90 Å². The number of anilines is 1. The molecule has 86 valence electrons. The van der Waals surface area contributed by atoms with Gasteiger partial charge in [-0.05, 0) is 24.3 Å². The highest BCUT2D eigenvalue weighted by Crippen LogP contribution is 2.28. The summed E-state index contributed by atoms with van der Waals surface area (Å²) in [7, 11) is 2.04. The van der Waals surface area contributed by atoms with Crippen LogP contribution in [0.1, 0.15) is 19.4 Å². The highest BCUT2D eigenvalue weighted by Gasteiger charge is 2.11. The lowest BCUT2D eigenvalue weighted by Gasteiger charge is -2.23. The Bertz CT molecular complexity index is 393. The predicted molar refractivity (Wildman–Crippen MR) is 71.0 cm³/mol. The number of nitrogens with zero attached hydrogens (tertiary/aromatic N) is 2. The Labute approximate surface area is 102 Å². The lowest BCUT2D eigenvalue weighted by Crippen LogP contribution is -2.23. The summed E-state index contributed by atoms with van der Waals surface area (Å²) in [5.74, 6) is 0.592. The lowest BCUT2D eigenvalue weighted by molar-refractivity contribution is 0.638. The first-order valence-corrected chi connectivity index (χ1v) is 6.60. The minimum absolute atomic E-state index is 0.592. The summed E-state index contributed by atoms with van der Waals surface area (Å²) in [6, 6.07) is 8.33. The fourth-order valence-corrected chi connectivity index (χ4v) is 2.34. The van der Waals surface area contributed by atoms with Gasteiger partial charge in [0.1, 0.15) is 6.07 Å². The number of nitriles is 1. The fraction of sp³-hybridized carbons (Fsp3) is 0.462. The van der Waals surface area contributed by atoms with E-state index in [9.17, 15) is 5.26 Å². The topological polar surface area (TPSA) is 27.0 Å². The van der Waals surface area contributed by atoms with Crippen molar-refractivity contribution in [3.05, 3.63) is 23.8 Å². The van der Waals surface area contributed by atoms with E-state index in [4.69, 9.17) is 0 Å². The average Bonchev–Trinajstić information content (AvgIpc) is 2.26. The van der Waals surface area contributed by atoms with Gasteiger partial charge in [-0.1, -0.05) is 19.9 Å². The van der Waals surface area contributed by atoms with Crippen LogP contribution in [0.4, 0.5) is 5.69 Å². The molecule has 1 aromatic rings. The van der Waals surface area contributed by atoms with Gasteiger partial charge in [0.25, 0.3) is 0 Å². The molecule has 0 spiro atoms. The van der Waals surface area contributed by atoms with Crippen LogP contribution in [0.2, 0.25) is 0 Å². The van der Waals surface area contributed by atoms with Crippen LogP contribution in [0.3, 0.4) is 0 Å². The first-order valence-electron chi connectivity index (χ1n) is 5.38. The second-order valence-electron chi connectivity index (χ2n) is 4.24. The zero-order valence-corrected chi connectivity index (χ0v) is 11.1. The molecule has 16 heavy (non-hydrogen) atoms. The number of hydrogen-bond donors (Lipinski definition) is 0. The molecule has 0 unspecified atom stereocenters. The molecule has 0 atom stereocenters. The molecule has 0 aromatic heterocycles. The van der Waals surface area contributed by atoms with Crippen molar-refractivity contribution >= 4 is 17.4 Å². The normalized spacial score (nSPS) is 10.2. The molecule has 0 aliphatic rings. The Morgan fingerprint density at radius 1 is 1.44 bits per heavy atom. The molecule has 0 fully saturated rings. The molecule has 0 amide bonds. The van der Waals surface area contributed by atoms with E-state index in [-0.39, 0.29) is 0 Å². The van der Waals surface area contributed by atoms with Gasteiger partial charge >= 0.3 is 0 Å². The van der Waals surface area contributed by atoms with Gasteiger partial charge in [0.05, 0.1) is 11.3 Å². The highest BCUT2D eigenvalue weighted by atomic mass is 32.2. The van der Waals surface area contributed by atoms with Crippen molar-refractivity contribution in [2.24, 2.45) is 5.92 Å². The summed E-state index contributed by atoms with van der Waals surface area (Å²) >= 11 is 1.62. The van der Waals surface area contributed by atoms with E-state index in [1.807, 2.05) is 31.5 Å². The molecule has 0 radical (unpaired) electrons. The van der Waals surface area contributed by atoms with Gasteiger partial charge in [-0.15, -0.1) is 11.8 Å². The number of hydrogen-bond acceptors (Lipinski definition) is 3. The molecule has 1 rings (SSSR count). The SMILES string of the molecule is CSc1cccc(N(C)CC(C)C)c1C#N. The highest BCUT2D eigenvalue weighted by molar-refractivity contribution is 7.98. The van der Waals surface area contributed by atoms with E-state index in [1.54, 1.807) is 11.8 Å². The van der Waals surface area contributed by atoms with Crippen molar-refractivity contribution in [2.45, 2.75) is 18.7 Å². The maximum absolute atomic E-state index is 9.22. The number of benzene rings is 1. The van der Waals surface area contributed by atoms with Crippen LogP contribution >= 0.6 is 11.8 Å². The third-order valence-electron chi connectivity index (χ3n) is 2.39. The van der Waals surface area contributed by atoms with Crippen molar-refractivity contribution in [3.63, 3.8) is 0 Å². The standard InChI is InChI=1S/C13H18N2S/c1-10(2)9-15(3)12-6-5-7-13(16-4)11(12)8-14/h5-7,10H,9H2,1-4H3. The summed E-state index contributed by atoms with van der Waals surface area (Å²) in [5, 5.41) is 9.22. The van der Waals surface area contributed by atoms with E-state index in [0.717, 1.165) is 22.7 Å². The largest absolute Gasteiger partial charge is 0.373 e. The van der Waals surface area contributed by atoms with E-state index < -0.39 is 0 Å². The van der Waals surface area contributed by atoms with Crippen molar-refractivity contribution < 1.29 is 0 Å². The van der Waals surface area contributed by atoms with Gasteiger partial charge in [-0.25, -0.2) is 0 Å². The minimum Gasteiger partial charge on any atom is -0.373 e. The summed E-state index contributed by atoms with van der Waals surface area (Å²) in [6.45, 7) is 5.33. The summed E-state index contributed by atoms with van der Waals surface area (Å²) in [4.78, 5) is 3.21. The molecule has 0 heterocycles. The quantitative estimate of drug-likeness (QED) is 0.747. The maximum atomic E-state index is 9.22. The summed E-state index contributed by atoms with van der Waals surface area (Å²) < 4.78 is 0. The molecule has 0 saturated carbocycles. The maximum Gasteiger partial charge on any atom is 0.102 e. The predicted octanol–water partition coefficient (Wildman–Crippen LogP) is 3.37. The summed E-state index contributed by atoms with van der Waals surface area (Å²) in [5.41, 5.74) is 1.82. The van der Waals surface area contributed by atoms with Crippen LogP contribution in [-0.4, -0.2) is 19.8 Å². The van der Waals surface area contributed by atoms with Gasteiger partial charge in [-0.3, -0.25) is 0 Å². The van der Waals surface area contributed by atoms with Gasteiger partial charge in [0.15, 0.2) is 0 Å². The molecule has 0 aliphatic carbocycles. The lowest BCUT2D eigenvalue weighted by atomic mass is 10.1. The molecule has 2 nitrogen and oxygen atoms in total. The van der Waals surface area contributed by atoms with Crippen molar-refractivity contribution in [3.8, 4) is 6.07 Å². The van der Waals surface area contributed by atoms with E-state index in [0.29, 0.717) is 5.92 Å². The van der Waals surface area contributed by atoms with E-state index in [2.05, 4.69) is 24.8 Å². The summed E-state index contributed by atoms with van der Waals surface area (Å²) in [6.07, 6.45) is 2.00. The molecule has 0 saturated heterocycles. The van der Waals surface area contributed by atoms with Crippen LogP contribution in [0.15, 0.2) is 23.1 Å². The Morgan fingerprint density at radius 2 is 2.12 bits per heavy atom. The van der Waals surface area contributed by atoms with Gasteiger partial charge in [-0.2, -0.15) is 5.26 Å². The van der Waals surface area contributed by atoms with Crippen molar-refractivity contribution in [2.75, 3.05) is 24.7 Å². The number of thioether (sulfide) groups is 1. The molecular formula is C13H18N2S. The van der Waals surface area contributed by atoms with E-state index >= 15 is 0 Å². The van der Waals surface area contributed by atoms with Gasteiger partial charge < -0.3 is 4.90 Å². The van der Waals surface area contributed by atoms with Crippen molar-refractivity contribution in [1.29, 1.82) is 5.26 Å². The molecule has 3 heteroatoms. The van der Waals surface area contributed by atoms with E-state index in [1.165, 1.54) is 0 Å². The molecule has 0 aliphatic heterocycles. The first kappa shape index (κ1) is 12.9. The van der Waals surface area contributed by atoms with Gasteiger partial charge in [0.2, 0.25) is 0 Å². The Hall–Kier alpha value is -1.14. The second-order valence-corrected chi connectivity index (χ2v) is 5.09. The van der Waals surface area contributed by atoms with Crippen molar-refractivity contribution in [1.82, 2.24) is 0 Å². The zero-order valence-electron chi connectivity index (χ0n) is 10.3. The number of rotatable bonds is 4. The Morgan fingerprint density at radius 3 is 2.62 bits per heavy atom. The van der Waals surface area contributed by atoms with Crippen LogP contribution in [-0.2, 0) is 0 Å². The first-order chi connectivity index (χ1) is 7.60. The third kappa shape index (κ3) is 2.93. The molecule has 1 aromatic carbocycles. The molecular weight excluding hydrogens is 216 g/mol. The Kier molecular flexibility index (Phi) is 4.70. The second kappa shape index (κ2) is 5.81. The van der Waals surface area contributed by atoms with Crippen LogP contribution in [0.25, 0.3) is 0 Å². The molecule has 0 bridgehead atoms. The van der Waals surface area contributed by atoms with Gasteiger partial charge in [0, 0.05) is 18.5 Å². The van der Waals surface area contributed by atoms with Crippen LogP contribution in [0.5, 0.6) is 0 Å². The Balaban J connectivity index is 3.09. The average molecular weight is 234 g/mol. The zero-order chi connectivity index (χ0) is 12.1. The third-order valence-corrected chi connectivity index (χ3v) is 3.17. The smallest absolute Gasteiger partial charge is 0.102 e. The van der Waals surface area contributed by atoms with Crippen LogP contribution in [0, 0.1) is 17.2 Å².